The number of phenolic OH excluding ortho intramolecular Hbond substituents is 1. The van der Waals surface area contributed by atoms with E-state index in [2.05, 4.69) is 50.2 Å². The Labute approximate surface area is 238 Å². The van der Waals surface area contributed by atoms with Gasteiger partial charge in [0.2, 0.25) is 0 Å². The molecule has 2 heterocycles. The fourth-order valence-electron chi connectivity index (χ4n) is 3.82. The number of ether oxygens (including phenoxy) is 3. The number of carbonyl (C=O) groups excluding carboxylic acids is 1. The van der Waals surface area contributed by atoms with Crippen LogP contribution in [0, 0.1) is 7.14 Å². The number of esters is 1. The van der Waals surface area contributed by atoms with Gasteiger partial charge in [-0.1, -0.05) is 17.4 Å². The lowest BCUT2D eigenvalue weighted by molar-refractivity contribution is -0.136. The van der Waals surface area contributed by atoms with Crippen molar-refractivity contribution in [1.82, 2.24) is 4.57 Å². The number of fused-ring (bicyclic) bond motifs is 1. The third-order valence-corrected chi connectivity index (χ3v) is 7.79. The fraction of sp³-hybridized carbons (Fsp3) is 0.240. The van der Waals surface area contributed by atoms with Crippen LogP contribution in [0.15, 0.2) is 51.9 Å². The van der Waals surface area contributed by atoms with Crippen molar-refractivity contribution in [3.8, 4) is 17.2 Å². The summed E-state index contributed by atoms with van der Waals surface area (Å²) in [5.74, 6) is 0.595. The van der Waals surface area contributed by atoms with Gasteiger partial charge in [0.05, 0.1) is 40.0 Å². The number of phenols is 1. The summed E-state index contributed by atoms with van der Waals surface area (Å²) in [6, 6.07) is 8.20. The van der Waals surface area contributed by atoms with Gasteiger partial charge in [-0.05, 0) is 94.9 Å². The van der Waals surface area contributed by atoms with Crippen LogP contribution in [0.4, 0.5) is 0 Å². The zero-order valence-corrected chi connectivity index (χ0v) is 24.7. The Hall–Kier alpha value is -2.39. The van der Waals surface area contributed by atoms with Gasteiger partial charge in [-0.2, -0.15) is 0 Å². The molecule has 188 valence electrons. The van der Waals surface area contributed by atoms with E-state index in [1.807, 2.05) is 19.9 Å². The highest BCUT2D eigenvalue weighted by atomic mass is 127. The number of aromatic nitrogens is 1. The molecule has 0 saturated carbocycles. The van der Waals surface area contributed by atoms with Gasteiger partial charge >= 0.3 is 5.97 Å². The third kappa shape index (κ3) is 5.18. The van der Waals surface area contributed by atoms with Crippen LogP contribution >= 0.6 is 56.5 Å². The highest BCUT2D eigenvalue weighted by Gasteiger charge is 2.31. The second-order valence-corrected chi connectivity index (χ2v) is 11.0. The number of carbonyl (C=O) groups is 1. The average molecular weight is 732 g/mol. The molecule has 0 saturated heterocycles. The first kappa shape index (κ1) is 26.7. The molecule has 4 rings (SSSR count). The van der Waals surface area contributed by atoms with Gasteiger partial charge in [-0.15, -0.1) is 0 Å². The minimum Gasteiger partial charge on any atom is -0.506 e. The molecule has 36 heavy (non-hydrogen) atoms. The Kier molecular flexibility index (Phi) is 8.40. The summed E-state index contributed by atoms with van der Waals surface area (Å²) in [6.45, 7) is 4.63. The summed E-state index contributed by atoms with van der Waals surface area (Å²) in [5, 5.41) is 10.5. The predicted octanol–water partition coefficient (Wildman–Crippen LogP) is 3.73. The lowest BCUT2D eigenvalue weighted by Crippen LogP contribution is -2.39. The molecule has 0 fully saturated rings. The molecular weight excluding hydrogens is 710 g/mol. The zero-order chi connectivity index (χ0) is 26.0. The van der Waals surface area contributed by atoms with Crippen molar-refractivity contribution in [2.45, 2.75) is 19.9 Å². The van der Waals surface area contributed by atoms with Gasteiger partial charge in [0.15, 0.2) is 16.3 Å². The van der Waals surface area contributed by atoms with Gasteiger partial charge in [0, 0.05) is 15.3 Å². The number of thiazole rings is 1. The first-order chi connectivity index (χ1) is 17.3. The molecule has 1 aliphatic rings. The Morgan fingerprint density at radius 2 is 1.89 bits per heavy atom. The molecule has 1 N–H and O–H groups in total. The van der Waals surface area contributed by atoms with Crippen molar-refractivity contribution in [2.75, 3.05) is 20.3 Å². The SMILES string of the molecule is CCOc1ccc([C@@H]2C(C(=O)OC)=CN=c3s/c(=C\c4cc(I)cc(I)c4O)c(=O)n32)cc1OCC. The van der Waals surface area contributed by atoms with E-state index in [1.54, 1.807) is 30.3 Å². The van der Waals surface area contributed by atoms with E-state index in [9.17, 15) is 14.7 Å². The second kappa shape index (κ2) is 11.3. The summed E-state index contributed by atoms with van der Waals surface area (Å²) in [6.07, 6.45) is 3.08. The first-order valence-electron chi connectivity index (χ1n) is 11.0. The maximum absolute atomic E-state index is 13.7. The fourth-order valence-corrected chi connectivity index (χ4v) is 6.67. The van der Waals surface area contributed by atoms with Crippen LogP contribution in [-0.2, 0) is 9.53 Å². The quantitative estimate of drug-likeness (QED) is 0.294. The molecule has 1 aliphatic heterocycles. The Bertz CT molecular complexity index is 1540. The van der Waals surface area contributed by atoms with E-state index in [0.29, 0.717) is 48.7 Å². The molecule has 0 spiro atoms. The van der Waals surface area contributed by atoms with Crippen LogP contribution in [0.2, 0.25) is 0 Å². The molecular formula is C25H22I2N2O6S. The van der Waals surface area contributed by atoms with E-state index in [1.165, 1.54) is 29.2 Å². The smallest absolute Gasteiger partial charge is 0.337 e. The van der Waals surface area contributed by atoms with Gasteiger partial charge < -0.3 is 19.3 Å². The molecule has 1 atom stereocenters. The summed E-state index contributed by atoms with van der Waals surface area (Å²) in [5.41, 5.74) is 1.06. The molecule has 0 radical (unpaired) electrons. The monoisotopic (exact) mass is 732 g/mol. The Balaban J connectivity index is 1.93. The zero-order valence-electron chi connectivity index (χ0n) is 19.6. The molecule has 0 amide bonds. The molecule has 0 aliphatic carbocycles. The van der Waals surface area contributed by atoms with Gasteiger partial charge in [-0.25, -0.2) is 9.79 Å². The first-order valence-corrected chi connectivity index (χ1v) is 13.9. The predicted molar refractivity (Wildman–Crippen MR) is 153 cm³/mol. The van der Waals surface area contributed by atoms with Crippen LogP contribution in [0.5, 0.6) is 17.2 Å². The normalized spacial score (nSPS) is 15.1. The summed E-state index contributed by atoms with van der Waals surface area (Å²) in [4.78, 5) is 31.2. The standard InChI is InChI=1S/C25H22I2N2O6S/c1-4-34-18-7-6-13(9-19(18)35-5-2)21-16(24(32)33-3)12-28-25-29(21)23(31)20(36-25)10-14-8-15(26)11-17(27)22(14)30/h6-12,21,30H,4-5H2,1-3H3/b20-10-/t21-/m1/s1. The van der Waals surface area contributed by atoms with E-state index < -0.39 is 12.0 Å². The van der Waals surface area contributed by atoms with Gasteiger partial charge in [-0.3, -0.25) is 9.36 Å². The molecule has 0 bridgehead atoms. The van der Waals surface area contributed by atoms with Crippen LogP contribution in [0.25, 0.3) is 6.08 Å². The van der Waals surface area contributed by atoms with Crippen molar-refractivity contribution in [2.24, 2.45) is 4.99 Å². The van der Waals surface area contributed by atoms with Gasteiger partial charge in [0.25, 0.3) is 5.56 Å². The van der Waals surface area contributed by atoms with Crippen LogP contribution < -0.4 is 24.4 Å². The van der Waals surface area contributed by atoms with Crippen molar-refractivity contribution in [3.05, 3.63) is 80.1 Å². The maximum Gasteiger partial charge on any atom is 0.337 e. The van der Waals surface area contributed by atoms with Crippen LogP contribution in [-0.4, -0.2) is 36.0 Å². The van der Waals surface area contributed by atoms with E-state index in [0.717, 1.165) is 3.57 Å². The summed E-state index contributed by atoms with van der Waals surface area (Å²) >= 11 is 5.40. The molecule has 8 nitrogen and oxygen atoms in total. The summed E-state index contributed by atoms with van der Waals surface area (Å²) < 4.78 is 19.9. The average Bonchev–Trinajstić information content (AvgIpc) is 3.17. The van der Waals surface area contributed by atoms with E-state index in [-0.39, 0.29) is 16.9 Å². The van der Waals surface area contributed by atoms with Crippen molar-refractivity contribution in [3.63, 3.8) is 0 Å². The number of rotatable bonds is 7. The number of benzene rings is 2. The minimum atomic E-state index is -0.782. The molecule has 2 aromatic carbocycles. The second-order valence-electron chi connectivity index (χ2n) is 7.57. The molecule has 11 heteroatoms. The maximum atomic E-state index is 13.7. The lowest BCUT2D eigenvalue weighted by Gasteiger charge is -2.23. The number of aromatic hydroxyl groups is 1. The highest BCUT2D eigenvalue weighted by Crippen LogP contribution is 2.35. The van der Waals surface area contributed by atoms with Crippen molar-refractivity contribution in [1.29, 1.82) is 0 Å². The van der Waals surface area contributed by atoms with Crippen molar-refractivity contribution >= 4 is 68.6 Å². The number of nitrogens with zero attached hydrogens (tertiary/aromatic N) is 2. The van der Waals surface area contributed by atoms with E-state index in [4.69, 9.17) is 14.2 Å². The largest absolute Gasteiger partial charge is 0.506 e. The minimum absolute atomic E-state index is 0.0986. The lowest BCUT2D eigenvalue weighted by atomic mass is 9.97. The van der Waals surface area contributed by atoms with Crippen LogP contribution in [0.3, 0.4) is 0 Å². The van der Waals surface area contributed by atoms with Crippen LogP contribution in [0.1, 0.15) is 31.0 Å². The summed E-state index contributed by atoms with van der Waals surface area (Å²) in [7, 11) is 1.29. The van der Waals surface area contributed by atoms with E-state index >= 15 is 0 Å². The highest BCUT2D eigenvalue weighted by molar-refractivity contribution is 14.1. The number of methoxy groups -OCH3 is 1. The van der Waals surface area contributed by atoms with Gasteiger partial charge in [0.1, 0.15) is 5.75 Å². The Morgan fingerprint density at radius 1 is 1.17 bits per heavy atom. The topological polar surface area (TPSA) is 99.4 Å². The number of halogens is 2. The third-order valence-electron chi connectivity index (χ3n) is 5.35. The number of hydrogen-bond donors (Lipinski definition) is 1. The molecule has 3 aromatic rings. The Morgan fingerprint density at radius 3 is 2.58 bits per heavy atom. The molecule has 1 aromatic heterocycles. The van der Waals surface area contributed by atoms with Crippen molar-refractivity contribution < 1.29 is 24.1 Å². The molecule has 0 unspecified atom stereocenters. The number of hydrogen-bond acceptors (Lipinski definition) is 8.